The smallest absolute Gasteiger partial charge is 0.243 e. The molecule has 0 aromatic heterocycles. The molecule has 1 N–H and O–H groups in total. The van der Waals surface area contributed by atoms with Crippen LogP contribution in [0.1, 0.15) is 31.4 Å². The number of hydrogen-bond donors (Lipinski definition) is 1. The summed E-state index contributed by atoms with van der Waals surface area (Å²) in [5.41, 5.74) is 1.90. The Morgan fingerprint density at radius 1 is 1.38 bits per heavy atom. The highest BCUT2D eigenvalue weighted by Gasteiger charge is 2.36. The summed E-state index contributed by atoms with van der Waals surface area (Å²) < 4.78 is 27.0. The van der Waals surface area contributed by atoms with Crippen LogP contribution in [0.2, 0.25) is 0 Å². The Labute approximate surface area is 128 Å². The monoisotopic (exact) mass is 310 g/mol. The van der Waals surface area contributed by atoms with Crippen LogP contribution in [0.25, 0.3) is 0 Å². The molecule has 5 heteroatoms. The lowest BCUT2D eigenvalue weighted by Crippen LogP contribution is -2.30. The standard InChI is InChI=1S/C16H26N2O2S/c1-5-17-10-14-7-6-8-16(13(14)3)21(19,20)18(4)11-15-9-12(15)2/h6-8,12,15,17H,5,9-11H2,1-4H3. The van der Waals surface area contributed by atoms with Crippen molar-refractivity contribution in [3.8, 4) is 0 Å². The van der Waals surface area contributed by atoms with Gasteiger partial charge in [0, 0.05) is 20.1 Å². The third-order valence-electron chi connectivity index (χ3n) is 4.42. The van der Waals surface area contributed by atoms with E-state index in [9.17, 15) is 8.42 Å². The van der Waals surface area contributed by atoms with Gasteiger partial charge < -0.3 is 5.32 Å². The molecule has 0 saturated heterocycles. The molecule has 118 valence electrons. The molecule has 4 nitrogen and oxygen atoms in total. The Morgan fingerprint density at radius 3 is 2.62 bits per heavy atom. The quantitative estimate of drug-likeness (QED) is 0.841. The van der Waals surface area contributed by atoms with Crippen LogP contribution in [0, 0.1) is 18.8 Å². The van der Waals surface area contributed by atoms with E-state index in [1.807, 2.05) is 26.0 Å². The first-order valence-corrected chi connectivity index (χ1v) is 9.07. The molecule has 1 aliphatic carbocycles. The second-order valence-corrected chi connectivity index (χ2v) is 8.09. The fourth-order valence-electron chi connectivity index (χ4n) is 2.64. The molecular weight excluding hydrogens is 284 g/mol. The van der Waals surface area contributed by atoms with Gasteiger partial charge in [0.15, 0.2) is 0 Å². The van der Waals surface area contributed by atoms with Gasteiger partial charge in [0.2, 0.25) is 10.0 Å². The molecule has 0 aliphatic heterocycles. The minimum Gasteiger partial charge on any atom is -0.313 e. The van der Waals surface area contributed by atoms with Gasteiger partial charge in [-0.25, -0.2) is 12.7 Å². The summed E-state index contributed by atoms with van der Waals surface area (Å²) in [5.74, 6) is 1.18. The zero-order valence-electron chi connectivity index (χ0n) is 13.4. The highest BCUT2D eigenvalue weighted by atomic mass is 32.2. The summed E-state index contributed by atoms with van der Waals surface area (Å²) in [6.07, 6.45) is 1.14. The zero-order chi connectivity index (χ0) is 15.6. The predicted molar refractivity (Wildman–Crippen MR) is 85.6 cm³/mol. The topological polar surface area (TPSA) is 49.4 Å². The van der Waals surface area contributed by atoms with Crippen molar-refractivity contribution in [2.24, 2.45) is 11.8 Å². The van der Waals surface area contributed by atoms with E-state index in [0.717, 1.165) is 24.1 Å². The Kier molecular flexibility index (Phi) is 5.07. The van der Waals surface area contributed by atoms with Gasteiger partial charge in [-0.3, -0.25) is 0 Å². The molecule has 0 heterocycles. The lowest BCUT2D eigenvalue weighted by atomic mass is 10.1. The van der Waals surface area contributed by atoms with Gasteiger partial charge >= 0.3 is 0 Å². The summed E-state index contributed by atoms with van der Waals surface area (Å²) in [5, 5.41) is 3.25. The molecule has 2 rings (SSSR count). The van der Waals surface area contributed by atoms with Gasteiger partial charge in [-0.2, -0.15) is 0 Å². The zero-order valence-corrected chi connectivity index (χ0v) is 14.2. The molecule has 1 fully saturated rings. The molecule has 0 radical (unpaired) electrons. The number of benzene rings is 1. The first-order valence-electron chi connectivity index (χ1n) is 7.63. The van der Waals surface area contributed by atoms with Crippen LogP contribution in [0.15, 0.2) is 23.1 Å². The number of nitrogens with one attached hydrogen (secondary N) is 1. The lowest BCUT2D eigenvalue weighted by Gasteiger charge is -2.20. The van der Waals surface area contributed by atoms with E-state index >= 15 is 0 Å². The van der Waals surface area contributed by atoms with Crippen LogP contribution < -0.4 is 5.32 Å². The Morgan fingerprint density at radius 2 is 2.05 bits per heavy atom. The third-order valence-corrected chi connectivity index (χ3v) is 6.39. The third kappa shape index (κ3) is 3.65. The van der Waals surface area contributed by atoms with Crippen molar-refractivity contribution in [3.63, 3.8) is 0 Å². The van der Waals surface area contributed by atoms with Gasteiger partial charge in [0.1, 0.15) is 0 Å². The summed E-state index contributed by atoms with van der Waals surface area (Å²) in [7, 11) is -1.70. The average molecular weight is 310 g/mol. The van der Waals surface area contributed by atoms with E-state index < -0.39 is 10.0 Å². The number of sulfonamides is 1. The molecule has 0 amide bonds. The van der Waals surface area contributed by atoms with Crippen LogP contribution in [0.3, 0.4) is 0 Å². The van der Waals surface area contributed by atoms with Crippen LogP contribution in [0.5, 0.6) is 0 Å². The second-order valence-electron chi connectivity index (χ2n) is 6.08. The number of hydrogen-bond acceptors (Lipinski definition) is 3. The van der Waals surface area contributed by atoms with E-state index in [0.29, 0.717) is 29.8 Å². The highest BCUT2D eigenvalue weighted by Crippen LogP contribution is 2.39. The average Bonchev–Trinajstić information content (AvgIpc) is 3.12. The minimum atomic E-state index is -3.39. The summed E-state index contributed by atoms with van der Waals surface area (Å²) in [4.78, 5) is 0.439. The Hall–Kier alpha value is -0.910. The van der Waals surface area contributed by atoms with Crippen LogP contribution in [0.4, 0.5) is 0 Å². The largest absolute Gasteiger partial charge is 0.313 e. The fraction of sp³-hybridized carbons (Fsp3) is 0.625. The predicted octanol–water partition coefficient (Wildman–Crippen LogP) is 2.38. The van der Waals surface area contributed by atoms with E-state index in [1.54, 1.807) is 13.1 Å². The van der Waals surface area contributed by atoms with Crippen molar-refractivity contribution in [2.75, 3.05) is 20.1 Å². The molecule has 21 heavy (non-hydrogen) atoms. The summed E-state index contributed by atoms with van der Waals surface area (Å²) in [6, 6.07) is 5.53. The highest BCUT2D eigenvalue weighted by molar-refractivity contribution is 7.89. The maximum Gasteiger partial charge on any atom is 0.243 e. The maximum atomic E-state index is 12.8. The molecular formula is C16H26N2O2S. The van der Waals surface area contributed by atoms with Gasteiger partial charge in [0.25, 0.3) is 0 Å². The molecule has 1 aromatic rings. The van der Waals surface area contributed by atoms with Crippen molar-refractivity contribution in [1.82, 2.24) is 9.62 Å². The molecule has 1 saturated carbocycles. The molecule has 0 spiro atoms. The SMILES string of the molecule is CCNCc1cccc(S(=O)(=O)N(C)CC2CC2C)c1C. The number of rotatable bonds is 7. The van der Waals surface area contributed by atoms with E-state index in [-0.39, 0.29) is 0 Å². The van der Waals surface area contributed by atoms with Crippen molar-refractivity contribution in [1.29, 1.82) is 0 Å². The van der Waals surface area contributed by atoms with Gasteiger partial charge in [-0.15, -0.1) is 0 Å². The van der Waals surface area contributed by atoms with Crippen molar-refractivity contribution >= 4 is 10.0 Å². The molecule has 1 aliphatic rings. The van der Waals surface area contributed by atoms with Crippen molar-refractivity contribution < 1.29 is 8.42 Å². The molecule has 0 bridgehead atoms. The van der Waals surface area contributed by atoms with Gasteiger partial charge in [0.05, 0.1) is 4.90 Å². The van der Waals surface area contributed by atoms with E-state index in [1.165, 1.54) is 4.31 Å². The first kappa shape index (κ1) is 16.5. The maximum absolute atomic E-state index is 12.8. The number of nitrogens with zero attached hydrogens (tertiary/aromatic N) is 1. The van der Waals surface area contributed by atoms with Gasteiger partial charge in [-0.05, 0) is 48.9 Å². The first-order chi connectivity index (χ1) is 9.87. The fourth-order valence-corrected chi connectivity index (χ4v) is 4.13. The summed E-state index contributed by atoms with van der Waals surface area (Å²) >= 11 is 0. The van der Waals surface area contributed by atoms with Crippen LogP contribution in [-0.2, 0) is 16.6 Å². The Bertz CT molecular complexity index is 598. The minimum absolute atomic E-state index is 0.439. The molecule has 1 aromatic carbocycles. The Balaban J connectivity index is 2.22. The normalized spacial score (nSPS) is 21.8. The van der Waals surface area contributed by atoms with E-state index in [4.69, 9.17) is 0 Å². The van der Waals surface area contributed by atoms with Crippen molar-refractivity contribution in [2.45, 2.75) is 38.6 Å². The van der Waals surface area contributed by atoms with Crippen LogP contribution in [-0.4, -0.2) is 32.9 Å². The van der Waals surface area contributed by atoms with Crippen LogP contribution >= 0.6 is 0 Å². The van der Waals surface area contributed by atoms with E-state index in [2.05, 4.69) is 12.2 Å². The molecule has 2 unspecified atom stereocenters. The van der Waals surface area contributed by atoms with Crippen molar-refractivity contribution in [3.05, 3.63) is 29.3 Å². The lowest BCUT2D eigenvalue weighted by molar-refractivity contribution is 0.444. The molecule has 2 atom stereocenters. The summed E-state index contributed by atoms with van der Waals surface area (Å²) in [6.45, 7) is 8.31. The second kappa shape index (κ2) is 6.46. The van der Waals surface area contributed by atoms with Gasteiger partial charge in [-0.1, -0.05) is 26.0 Å².